The summed E-state index contributed by atoms with van der Waals surface area (Å²) in [4.78, 5) is 16.6. The van der Waals surface area contributed by atoms with Crippen LogP contribution in [0.3, 0.4) is 0 Å². The molecule has 36 heavy (non-hydrogen) atoms. The van der Waals surface area contributed by atoms with E-state index in [-0.39, 0.29) is 6.04 Å². The lowest BCUT2D eigenvalue weighted by Gasteiger charge is -2.15. The van der Waals surface area contributed by atoms with Crippen LogP contribution in [0.5, 0.6) is 0 Å². The molecule has 1 aliphatic rings. The maximum atomic E-state index is 11.6. The lowest BCUT2D eigenvalue weighted by Crippen LogP contribution is -2.17. The fourth-order valence-electron chi connectivity index (χ4n) is 4.97. The molecular weight excluding hydrogens is 450 g/mol. The van der Waals surface area contributed by atoms with Gasteiger partial charge in [0.2, 0.25) is 0 Å². The molecule has 3 aromatic heterocycles. The standard InChI is InChI=1S/C27H26N6O.CH5N/c1-18-15-21-20(17-34)9-5-11-23(21)32(18)27-30-26(29-16-19-7-3-2-4-8-19)25-13-12-24(33(25)31-27)22-10-6-14-28-22;1-2/h2-5,7-9,11-13,15,17,22,28H,6,10,14,16H2,1H3,(H,29,30,31);2H2,1H3. The summed E-state index contributed by atoms with van der Waals surface area (Å²) in [5.74, 6) is 1.36. The Morgan fingerprint density at radius 3 is 2.67 bits per heavy atom. The summed E-state index contributed by atoms with van der Waals surface area (Å²) in [6.07, 6.45) is 3.15. The second-order valence-corrected chi connectivity index (χ2v) is 8.82. The van der Waals surface area contributed by atoms with E-state index < -0.39 is 0 Å². The monoisotopic (exact) mass is 481 g/mol. The van der Waals surface area contributed by atoms with Crippen molar-refractivity contribution in [2.75, 3.05) is 18.9 Å². The van der Waals surface area contributed by atoms with E-state index in [1.54, 1.807) is 0 Å². The maximum Gasteiger partial charge on any atom is 0.254 e. The molecule has 1 atom stereocenters. The first-order valence-electron chi connectivity index (χ1n) is 12.3. The van der Waals surface area contributed by atoms with E-state index in [0.29, 0.717) is 18.1 Å². The molecule has 1 saturated heterocycles. The van der Waals surface area contributed by atoms with Gasteiger partial charge >= 0.3 is 0 Å². The van der Waals surface area contributed by atoms with Crippen molar-refractivity contribution in [3.63, 3.8) is 0 Å². The molecule has 0 aliphatic carbocycles. The summed E-state index contributed by atoms with van der Waals surface area (Å²) in [7, 11) is 1.50. The molecule has 0 saturated carbocycles. The Morgan fingerprint density at radius 1 is 1.08 bits per heavy atom. The van der Waals surface area contributed by atoms with Gasteiger partial charge in [-0.05, 0) is 63.2 Å². The van der Waals surface area contributed by atoms with Crippen molar-refractivity contribution in [3.8, 4) is 5.95 Å². The van der Waals surface area contributed by atoms with Crippen molar-refractivity contribution in [1.82, 2.24) is 24.5 Å². The van der Waals surface area contributed by atoms with E-state index in [2.05, 4.69) is 40.6 Å². The third kappa shape index (κ3) is 4.25. The molecule has 0 spiro atoms. The van der Waals surface area contributed by atoms with Crippen molar-refractivity contribution in [2.24, 2.45) is 5.73 Å². The van der Waals surface area contributed by atoms with Gasteiger partial charge in [-0.25, -0.2) is 4.52 Å². The number of fused-ring (bicyclic) bond motifs is 2. The highest BCUT2D eigenvalue weighted by atomic mass is 16.1. The molecule has 0 radical (unpaired) electrons. The first-order chi connectivity index (χ1) is 17.7. The molecule has 8 heteroatoms. The van der Waals surface area contributed by atoms with E-state index >= 15 is 0 Å². The van der Waals surface area contributed by atoms with Crippen LogP contribution in [0.1, 0.15) is 46.2 Å². The predicted octanol–water partition coefficient (Wildman–Crippen LogP) is 4.41. The van der Waals surface area contributed by atoms with Crippen LogP contribution in [-0.4, -0.2) is 39.0 Å². The van der Waals surface area contributed by atoms with Gasteiger partial charge in [-0.15, -0.1) is 5.10 Å². The summed E-state index contributed by atoms with van der Waals surface area (Å²) in [5.41, 5.74) is 10.3. The average molecular weight is 482 g/mol. The van der Waals surface area contributed by atoms with Gasteiger partial charge in [-0.2, -0.15) is 4.98 Å². The van der Waals surface area contributed by atoms with Crippen LogP contribution < -0.4 is 16.4 Å². The SMILES string of the molecule is CN.Cc1cc2c(C=O)cccc2n1-c1nc(NCc2ccccc2)c2ccc(C3CCCN3)n2n1. The number of benzene rings is 2. The number of hydrogen-bond acceptors (Lipinski definition) is 6. The highest BCUT2D eigenvalue weighted by molar-refractivity contribution is 5.98. The zero-order valence-electron chi connectivity index (χ0n) is 20.6. The van der Waals surface area contributed by atoms with Crippen LogP contribution in [0.4, 0.5) is 5.82 Å². The van der Waals surface area contributed by atoms with Crippen molar-refractivity contribution in [3.05, 3.63) is 89.2 Å². The summed E-state index contributed by atoms with van der Waals surface area (Å²) in [5, 5.41) is 13.0. The molecule has 2 aromatic carbocycles. The van der Waals surface area contributed by atoms with Gasteiger partial charge in [-0.3, -0.25) is 9.36 Å². The minimum atomic E-state index is 0.274. The van der Waals surface area contributed by atoms with Crippen LogP contribution in [-0.2, 0) is 6.54 Å². The minimum Gasteiger partial charge on any atom is -0.364 e. The number of nitrogens with one attached hydrogen (secondary N) is 2. The van der Waals surface area contributed by atoms with Crippen molar-refractivity contribution in [1.29, 1.82) is 0 Å². The first-order valence-corrected chi connectivity index (χ1v) is 12.3. The fourth-order valence-corrected chi connectivity index (χ4v) is 4.97. The van der Waals surface area contributed by atoms with Crippen LogP contribution in [0.2, 0.25) is 0 Å². The predicted molar refractivity (Wildman–Crippen MR) is 144 cm³/mol. The van der Waals surface area contributed by atoms with Crippen LogP contribution in [0.25, 0.3) is 22.4 Å². The van der Waals surface area contributed by atoms with Crippen molar-refractivity contribution < 1.29 is 4.79 Å². The quantitative estimate of drug-likeness (QED) is 0.311. The number of carbonyl (C=O) groups is 1. The Balaban J connectivity index is 0.00000130. The highest BCUT2D eigenvalue weighted by Gasteiger charge is 2.23. The zero-order chi connectivity index (χ0) is 25.1. The Morgan fingerprint density at radius 2 is 1.92 bits per heavy atom. The number of aromatic nitrogens is 4. The van der Waals surface area contributed by atoms with Gasteiger partial charge in [0.1, 0.15) is 5.52 Å². The van der Waals surface area contributed by atoms with Gasteiger partial charge < -0.3 is 16.4 Å². The smallest absolute Gasteiger partial charge is 0.254 e. The van der Waals surface area contributed by atoms with E-state index in [9.17, 15) is 4.79 Å². The third-order valence-electron chi connectivity index (χ3n) is 6.64. The number of rotatable bonds is 6. The molecule has 4 heterocycles. The molecular formula is C28H31N7O. The molecule has 8 nitrogen and oxygen atoms in total. The Hall–Kier alpha value is -4.01. The van der Waals surface area contributed by atoms with Gasteiger partial charge in [0.05, 0.1) is 11.2 Å². The minimum absolute atomic E-state index is 0.274. The number of carbonyl (C=O) groups excluding carboxylic acids is 1. The molecule has 0 amide bonds. The zero-order valence-corrected chi connectivity index (χ0v) is 20.6. The molecule has 4 N–H and O–H groups in total. The fraction of sp³-hybridized carbons (Fsp3) is 0.250. The number of nitrogens with zero attached hydrogens (tertiary/aromatic N) is 4. The number of hydrogen-bond donors (Lipinski definition) is 3. The molecule has 184 valence electrons. The first kappa shape index (κ1) is 23.7. The van der Waals surface area contributed by atoms with Gasteiger partial charge in [0.15, 0.2) is 12.1 Å². The molecule has 5 aromatic rings. The van der Waals surface area contributed by atoms with Crippen molar-refractivity contribution >= 4 is 28.5 Å². The van der Waals surface area contributed by atoms with E-state index in [1.807, 2.05) is 58.5 Å². The third-order valence-corrected chi connectivity index (χ3v) is 6.64. The largest absolute Gasteiger partial charge is 0.364 e. The maximum absolute atomic E-state index is 11.6. The number of anilines is 1. The summed E-state index contributed by atoms with van der Waals surface area (Å²) in [6, 6.07) is 22.6. The molecule has 6 rings (SSSR count). The topological polar surface area (TPSA) is 102 Å². The molecule has 0 bridgehead atoms. The average Bonchev–Trinajstić information content (AvgIpc) is 3.66. The lowest BCUT2D eigenvalue weighted by molar-refractivity contribution is 0.112. The second-order valence-electron chi connectivity index (χ2n) is 8.82. The summed E-state index contributed by atoms with van der Waals surface area (Å²) < 4.78 is 4.05. The van der Waals surface area contributed by atoms with Gasteiger partial charge in [-0.1, -0.05) is 42.5 Å². The van der Waals surface area contributed by atoms with Crippen LogP contribution in [0.15, 0.2) is 66.7 Å². The summed E-state index contributed by atoms with van der Waals surface area (Å²) in [6.45, 7) is 3.70. The Labute approximate surface area is 210 Å². The molecule has 1 unspecified atom stereocenters. The molecule has 1 fully saturated rings. The Kier molecular flexibility index (Phi) is 6.79. The van der Waals surface area contributed by atoms with E-state index in [0.717, 1.165) is 59.3 Å². The second kappa shape index (κ2) is 10.3. The van der Waals surface area contributed by atoms with Gasteiger partial charge in [0, 0.05) is 29.2 Å². The van der Waals surface area contributed by atoms with Crippen LogP contribution >= 0.6 is 0 Å². The Bertz CT molecular complexity index is 1500. The normalized spacial score (nSPS) is 15.1. The van der Waals surface area contributed by atoms with Gasteiger partial charge in [0.25, 0.3) is 5.95 Å². The van der Waals surface area contributed by atoms with Crippen LogP contribution in [0, 0.1) is 6.92 Å². The summed E-state index contributed by atoms with van der Waals surface area (Å²) >= 11 is 0. The highest BCUT2D eigenvalue weighted by Crippen LogP contribution is 2.30. The molecule has 1 aliphatic heterocycles. The number of nitrogens with two attached hydrogens (primary N) is 1. The number of aldehydes is 1. The van der Waals surface area contributed by atoms with Crippen molar-refractivity contribution in [2.45, 2.75) is 32.4 Å². The van der Waals surface area contributed by atoms with E-state index in [1.165, 1.54) is 12.6 Å². The van der Waals surface area contributed by atoms with E-state index in [4.69, 9.17) is 10.1 Å². The number of aryl methyl sites for hydroxylation is 1. The lowest BCUT2D eigenvalue weighted by atomic mass is 10.1.